The molecule has 0 amide bonds. The van der Waals surface area contributed by atoms with Crippen molar-refractivity contribution in [2.45, 2.75) is 94.3 Å². The van der Waals surface area contributed by atoms with Gasteiger partial charge < -0.3 is 9.57 Å². The number of hydrogen-bond donors (Lipinski definition) is 0. The maximum Gasteiger partial charge on any atom is 0.309 e. The molecular weight excluding hydrogens is 290 g/mol. The number of hydrogen-bond acceptors (Lipinski definition) is 4. The van der Waals surface area contributed by atoms with Gasteiger partial charge in [0.25, 0.3) is 0 Å². The first kappa shape index (κ1) is 21.9. The van der Waals surface area contributed by atoms with E-state index in [0.717, 1.165) is 18.6 Å². The molecule has 2 aliphatic rings. The number of ether oxygens (including phenoxy) is 1. The summed E-state index contributed by atoms with van der Waals surface area (Å²) in [5.74, 6) is 0.0594. The first-order chi connectivity index (χ1) is 10.4. The monoisotopic (exact) mass is 327 g/mol. The lowest BCUT2D eigenvalue weighted by Crippen LogP contribution is -2.25. The van der Waals surface area contributed by atoms with E-state index in [4.69, 9.17) is 9.57 Å². The first-order valence-electron chi connectivity index (χ1n) is 8.81. The van der Waals surface area contributed by atoms with Crippen LogP contribution >= 0.6 is 0 Å². The molecule has 0 saturated carbocycles. The van der Waals surface area contributed by atoms with Crippen LogP contribution in [0.15, 0.2) is 5.16 Å². The number of oxime groups is 1. The highest BCUT2D eigenvalue weighted by Crippen LogP contribution is 2.33. The second-order valence-electron chi connectivity index (χ2n) is 8.42. The third kappa shape index (κ3) is 7.36. The summed E-state index contributed by atoms with van der Waals surface area (Å²) in [6, 6.07) is 0. The molecule has 0 N–H and O–H groups in total. The van der Waals surface area contributed by atoms with Gasteiger partial charge in [-0.05, 0) is 18.8 Å². The van der Waals surface area contributed by atoms with E-state index in [0.29, 0.717) is 0 Å². The van der Waals surface area contributed by atoms with Gasteiger partial charge >= 0.3 is 5.97 Å². The Morgan fingerprint density at radius 3 is 1.65 bits per heavy atom. The number of nitrogens with zero attached hydrogens (tertiary/aromatic N) is 1. The third-order valence-electron chi connectivity index (χ3n) is 3.98. The minimum absolute atomic E-state index is 0.0371. The standard InChI is InChI=1S/C9H16O2.C8H15NO.C2H6/c1-6-5-7(9(2,3)4)11-8(6)10;1-6-5-7(10-9-6)8(2,3)4;1-2/h6-7H,5H2,1-4H3;7H,5H2,1-4H3;1-2H3/t6?,7-;7-;/m11./s1. The highest BCUT2D eigenvalue weighted by molar-refractivity contribution is 5.82. The number of rotatable bonds is 0. The van der Waals surface area contributed by atoms with Gasteiger partial charge in [0.05, 0.1) is 11.6 Å². The van der Waals surface area contributed by atoms with E-state index in [-0.39, 0.29) is 34.9 Å². The maximum absolute atomic E-state index is 11.0. The number of carbonyl (C=O) groups excluding carboxylic acids is 1. The Bertz CT molecular complexity index is 402. The summed E-state index contributed by atoms with van der Waals surface area (Å²) < 4.78 is 5.20. The molecule has 1 unspecified atom stereocenters. The predicted octanol–water partition coefficient (Wildman–Crippen LogP) is 5.21. The van der Waals surface area contributed by atoms with Gasteiger partial charge in [0.2, 0.25) is 0 Å². The van der Waals surface area contributed by atoms with Gasteiger partial charge in [-0.1, -0.05) is 67.5 Å². The van der Waals surface area contributed by atoms with Crippen molar-refractivity contribution in [1.82, 2.24) is 0 Å². The molecule has 0 aromatic carbocycles. The smallest absolute Gasteiger partial charge is 0.309 e. The van der Waals surface area contributed by atoms with Crippen LogP contribution < -0.4 is 0 Å². The second kappa shape index (κ2) is 8.70. The summed E-state index contributed by atoms with van der Waals surface area (Å²) in [5, 5.41) is 3.90. The lowest BCUT2D eigenvalue weighted by atomic mass is 9.86. The molecule has 2 aliphatic heterocycles. The molecule has 136 valence electrons. The van der Waals surface area contributed by atoms with Gasteiger partial charge in [0.15, 0.2) is 0 Å². The maximum atomic E-state index is 11.0. The molecule has 3 atom stereocenters. The van der Waals surface area contributed by atoms with Crippen LogP contribution in [0.25, 0.3) is 0 Å². The molecule has 1 saturated heterocycles. The van der Waals surface area contributed by atoms with E-state index in [9.17, 15) is 4.79 Å². The molecule has 0 bridgehead atoms. The zero-order valence-corrected chi connectivity index (χ0v) is 16.8. The van der Waals surface area contributed by atoms with Crippen LogP contribution in [-0.2, 0) is 14.4 Å². The fourth-order valence-corrected chi connectivity index (χ4v) is 2.21. The van der Waals surface area contributed by atoms with Gasteiger partial charge in [-0.3, -0.25) is 4.79 Å². The fourth-order valence-electron chi connectivity index (χ4n) is 2.21. The Hall–Kier alpha value is -1.06. The summed E-state index contributed by atoms with van der Waals surface area (Å²) >= 11 is 0. The quantitative estimate of drug-likeness (QED) is 0.574. The first-order valence-corrected chi connectivity index (χ1v) is 8.81. The Kier molecular flexibility index (Phi) is 8.30. The zero-order valence-electron chi connectivity index (χ0n) is 16.8. The van der Waals surface area contributed by atoms with Gasteiger partial charge in [0.1, 0.15) is 12.2 Å². The van der Waals surface area contributed by atoms with E-state index in [2.05, 4.69) is 46.7 Å². The summed E-state index contributed by atoms with van der Waals surface area (Å²) in [7, 11) is 0. The Morgan fingerprint density at radius 1 is 1.00 bits per heavy atom. The van der Waals surface area contributed by atoms with Crippen molar-refractivity contribution >= 4 is 11.7 Å². The Balaban J connectivity index is 0.000000381. The molecule has 23 heavy (non-hydrogen) atoms. The SMILES string of the molecule is CC.CC1=NO[C@@H](C(C)(C)C)C1.CC1C[C@H](C(C)(C)C)OC1=O. The van der Waals surface area contributed by atoms with Crippen molar-refractivity contribution < 1.29 is 14.4 Å². The predicted molar refractivity (Wildman–Crippen MR) is 96.5 cm³/mol. The lowest BCUT2D eigenvalue weighted by Gasteiger charge is -2.24. The zero-order chi connectivity index (χ0) is 18.4. The Morgan fingerprint density at radius 2 is 1.48 bits per heavy atom. The van der Waals surface area contributed by atoms with Crippen molar-refractivity contribution in [3.63, 3.8) is 0 Å². The highest BCUT2D eigenvalue weighted by atomic mass is 16.6. The van der Waals surface area contributed by atoms with Crippen molar-refractivity contribution in [2.24, 2.45) is 21.9 Å². The largest absolute Gasteiger partial charge is 0.462 e. The average molecular weight is 328 g/mol. The molecule has 4 nitrogen and oxygen atoms in total. The van der Waals surface area contributed by atoms with Crippen LogP contribution in [0.5, 0.6) is 0 Å². The number of cyclic esters (lactones) is 1. The van der Waals surface area contributed by atoms with Crippen LogP contribution in [0.3, 0.4) is 0 Å². The van der Waals surface area contributed by atoms with E-state index < -0.39 is 0 Å². The molecular formula is C19H37NO3. The van der Waals surface area contributed by atoms with Crippen LogP contribution in [0, 0.1) is 16.7 Å². The van der Waals surface area contributed by atoms with Crippen LogP contribution in [0.2, 0.25) is 0 Å². The lowest BCUT2D eigenvalue weighted by molar-refractivity contribution is -0.147. The number of carbonyl (C=O) groups is 1. The third-order valence-corrected chi connectivity index (χ3v) is 3.98. The van der Waals surface area contributed by atoms with Gasteiger partial charge in [0, 0.05) is 11.8 Å². The summed E-state index contributed by atoms with van der Waals surface area (Å²) in [4.78, 5) is 16.2. The highest BCUT2D eigenvalue weighted by Gasteiger charge is 2.38. The van der Waals surface area contributed by atoms with Gasteiger partial charge in [-0.25, -0.2) is 0 Å². The van der Waals surface area contributed by atoms with Crippen LogP contribution in [0.1, 0.15) is 82.1 Å². The van der Waals surface area contributed by atoms with Crippen molar-refractivity contribution in [2.75, 3.05) is 0 Å². The molecule has 4 heteroatoms. The van der Waals surface area contributed by atoms with Gasteiger partial charge in [-0.2, -0.15) is 0 Å². The van der Waals surface area contributed by atoms with Crippen LogP contribution in [-0.4, -0.2) is 23.9 Å². The molecule has 0 spiro atoms. The molecule has 2 rings (SSSR count). The minimum Gasteiger partial charge on any atom is -0.462 e. The molecule has 0 radical (unpaired) electrons. The van der Waals surface area contributed by atoms with Crippen molar-refractivity contribution in [3.8, 4) is 0 Å². The second-order valence-corrected chi connectivity index (χ2v) is 8.42. The molecule has 0 aromatic heterocycles. The van der Waals surface area contributed by atoms with Gasteiger partial charge in [-0.15, -0.1) is 0 Å². The topological polar surface area (TPSA) is 47.9 Å². The molecule has 0 aromatic rings. The van der Waals surface area contributed by atoms with E-state index in [1.807, 2.05) is 27.7 Å². The molecule has 1 fully saturated rings. The summed E-state index contributed by atoms with van der Waals surface area (Å²) in [6.45, 7) is 20.7. The fraction of sp³-hybridized carbons (Fsp3) is 0.895. The molecule has 2 heterocycles. The van der Waals surface area contributed by atoms with E-state index in [1.54, 1.807) is 0 Å². The minimum atomic E-state index is -0.0371. The number of esters is 1. The average Bonchev–Trinajstić information content (AvgIpc) is 2.99. The van der Waals surface area contributed by atoms with Crippen LogP contribution in [0.4, 0.5) is 0 Å². The Labute approximate surface area is 143 Å². The van der Waals surface area contributed by atoms with Crippen molar-refractivity contribution in [3.05, 3.63) is 0 Å². The van der Waals surface area contributed by atoms with E-state index >= 15 is 0 Å². The van der Waals surface area contributed by atoms with E-state index in [1.165, 1.54) is 0 Å². The summed E-state index contributed by atoms with van der Waals surface area (Å²) in [5.41, 5.74) is 1.43. The summed E-state index contributed by atoms with van der Waals surface area (Å²) in [6.07, 6.45) is 2.27. The normalized spacial score (nSPS) is 27.0. The molecule has 0 aliphatic carbocycles. The van der Waals surface area contributed by atoms with Crippen molar-refractivity contribution in [1.29, 1.82) is 0 Å².